The van der Waals surface area contributed by atoms with E-state index in [1.54, 1.807) is 24.0 Å². The quantitative estimate of drug-likeness (QED) is 0.301. The van der Waals surface area contributed by atoms with Gasteiger partial charge in [-0.05, 0) is 73.8 Å². The lowest BCUT2D eigenvalue weighted by atomic mass is 10.0. The number of primary amides is 2. The van der Waals surface area contributed by atoms with Crippen LogP contribution in [0.15, 0.2) is 36.4 Å². The third kappa shape index (κ3) is 7.70. The maximum absolute atomic E-state index is 14.7. The third-order valence-corrected chi connectivity index (χ3v) is 7.92. The maximum Gasteiger partial charge on any atom is 0.243 e. The number of benzene rings is 2. The number of amides is 4. The van der Waals surface area contributed by atoms with Gasteiger partial charge < -0.3 is 21.5 Å². The molecule has 220 valence electrons. The molecule has 2 aromatic rings. The summed E-state index contributed by atoms with van der Waals surface area (Å²) in [4.78, 5) is 50.7. The summed E-state index contributed by atoms with van der Waals surface area (Å²) in [5, 5.41) is 3.02. The predicted molar refractivity (Wildman–Crippen MR) is 152 cm³/mol. The number of rotatable bonds is 14. The zero-order valence-electron chi connectivity index (χ0n) is 23.5. The minimum absolute atomic E-state index is 0.0510. The molecule has 10 heteroatoms. The number of para-hydroxylation sites is 1. The smallest absolute Gasteiger partial charge is 0.243 e. The number of carbonyl (C=O) groups is 4. The van der Waals surface area contributed by atoms with Gasteiger partial charge >= 0.3 is 0 Å². The van der Waals surface area contributed by atoms with E-state index >= 15 is 0 Å². The van der Waals surface area contributed by atoms with Crippen molar-refractivity contribution in [2.45, 2.75) is 95.9 Å². The summed E-state index contributed by atoms with van der Waals surface area (Å²) in [6.45, 7) is 1.89. The first-order chi connectivity index (χ1) is 19.6. The van der Waals surface area contributed by atoms with Gasteiger partial charge in [0, 0.05) is 25.7 Å². The monoisotopic (exact) mass is 566 g/mol. The van der Waals surface area contributed by atoms with E-state index in [1.165, 1.54) is 6.07 Å². The Hall–Kier alpha value is -3.79. The van der Waals surface area contributed by atoms with E-state index < -0.39 is 24.1 Å². The van der Waals surface area contributed by atoms with E-state index in [9.17, 15) is 23.6 Å². The first-order valence-corrected chi connectivity index (χ1v) is 14.3. The van der Waals surface area contributed by atoms with Gasteiger partial charge in [-0.2, -0.15) is 0 Å². The van der Waals surface area contributed by atoms with Crippen LogP contribution in [0.2, 0.25) is 0 Å². The van der Waals surface area contributed by atoms with Gasteiger partial charge in [-0.15, -0.1) is 0 Å². The maximum atomic E-state index is 14.7. The molecule has 41 heavy (non-hydrogen) atoms. The van der Waals surface area contributed by atoms with Crippen molar-refractivity contribution in [3.05, 3.63) is 64.5 Å². The first-order valence-electron chi connectivity index (χ1n) is 14.3. The van der Waals surface area contributed by atoms with Crippen LogP contribution in [-0.2, 0) is 49.8 Å². The van der Waals surface area contributed by atoms with Gasteiger partial charge in [0.25, 0.3) is 0 Å². The molecule has 0 saturated carbocycles. The van der Waals surface area contributed by atoms with E-state index in [0.29, 0.717) is 43.2 Å². The topological polar surface area (TPSA) is 145 Å². The highest BCUT2D eigenvalue weighted by atomic mass is 19.1. The zero-order chi connectivity index (χ0) is 29.5. The molecule has 3 atom stereocenters. The predicted octanol–water partition coefficient (Wildman–Crippen LogP) is 2.97. The van der Waals surface area contributed by atoms with Crippen LogP contribution in [0.25, 0.3) is 0 Å². The summed E-state index contributed by atoms with van der Waals surface area (Å²) in [5.41, 5.74) is 14.7. The number of hydrogen-bond acceptors (Lipinski definition) is 5. The molecule has 2 heterocycles. The van der Waals surface area contributed by atoms with Crippen molar-refractivity contribution in [2.75, 3.05) is 4.90 Å². The molecule has 0 saturated heterocycles. The summed E-state index contributed by atoms with van der Waals surface area (Å²) in [5.74, 6) is -1.58. The minimum Gasteiger partial charge on any atom is -0.372 e. The van der Waals surface area contributed by atoms with Crippen LogP contribution in [0, 0.1) is 5.82 Å². The molecule has 0 bridgehead atoms. The molecule has 2 aliphatic heterocycles. The lowest BCUT2D eigenvalue weighted by molar-refractivity contribution is -0.128. The fraction of sp³-hybridized carbons (Fsp3) is 0.484. The SMILES string of the molecule is C[C@@H](OCc1ccc(CCCCC(N)=O)c(F)c1)[C@H](CCC(N)=O)NC(=O)[C@@H]1Cc2cccc3c2N1C(=O)CCC3. The number of nitrogens with two attached hydrogens (primary N) is 2. The summed E-state index contributed by atoms with van der Waals surface area (Å²) in [7, 11) is 0. The molecule has 0 aliphatic carbocycles. The van der Waals surface area contributed by atoms with Crippen molar-refractivity contribution in [3.63, 3.8) is 0 Å². The lowest BCUT2D eigenvalue weighted by Gasteiger charge is -2.29. The van der Waals surface area contributed by atoms with Crippen molar-refractivity contribution in [1.29, 1.82) is 0 Å². The number of nitrogens with zero attached hydrogens (tertiary/aromatic N) is 1. The summed E-state index contributed by atoms with van der Waals surface area (Å²) in [6.07, 6.45) is 4.18. The van der Waals surface area contributed by atoms with Crippen molar-refractivity contribution < 1.29 is 28.3 Å². The average Bonchev–Trinajstić information content (AvgIpc) is 3.24. The summed E-state index contributed by atoms with van der Waals surface area (Å²) < 4.78 is 20.7. The molecule has 0 spiro atoms. The number of unbranched alkanes of at least 4 members (excludes halogenated alkanes) is 1. The molecule has 0 unspecified atom stereocenters. The number of aryl methyl sites for hydroxylation is 2. The molecule has 4 amide bonds. The molecule has 0 radical (unpaired) electrons. The van der Waals surface area contributed by atoms with Crippen molar-refractivity contribution in [3.8, 4) is 0 Å². The van der Waals surface area contributed by atoms with Gasteiger partial charge in [-0.25, -0.2) is 4.39 Å². The molecular formula is C31H39FN4O5. The van der Waals surface area contributed by atoms with E-state index in [0.717, 1.165) is 29.7 Å². The number of halogens is 1. The Labute approximate surface area is 239 Å². The Balaban J connectivity index is 1.39. The largest absolute Gasteiger partial charge is 0.372 e. The Morgan fingerprint density at radius 2 is 1.83 bits per heavy atom. The van der Waals surface area contributed by atoms with Crippen LogP contribution in [0.3, 0.4) is 0 Å². The minimum atomic E-state index is -0.676. The van der Waals surface area contributed by atoms with Crippen molar-refractivity contribution in [1.82, 2.24) is 5.32 Å². The average molecular weight is 567 g/mol. The highest BCUT2D eigenvalue weighted by Crippen LogP contribution is 2.39. The molecule has 9 nitrogen and oxygen atoms in total. The molecular weight excluding hydrogens is 527 g/mol. The van der Waals surface area contributed by atoms with Crippen LogP contribution < -0.4 is 21.7 Å². The number of anilines is 1. The second-order valence-electron chi connectivity index (χ2n) is 11.0. The fourth-order valence-electron chi connectivity index (χ4n) is 5.68. The molecule has 4 rings (SSSR count). The second kappa shape index (κ2) is 13.7. The zero-order valence-corrected chi connectivity index (χ0v) is 23.5. The van der Waals surface area contributed by atoms with E-state index in [1.807, 2.05) is 18.2 Å². The Morgan fingerprint density at radius 3 is 2.56 bits per heavy atom. The normalized spacial score (nSPS) is 17.5. The fourth-order valence-corrected chi connectivity index (χ4v) is 5.68. The molecule has 0 aromatic heterocycles. The molecule has 5 N–H and O–H groups in total. The lowest BCUT2D eigenvalue weighted by Crippen LogP contribution is -2.53. The number of hydrogen-bond donors (Lipinski definition) is 3. The van der Waals surface area contributed by atoms with Crippen LogP contribution in [0.1, 0.15) is 74.1 Å². The Morgan fingerprint density at radius 1 is 1.07 bits per heavy atom. The van der Waals surface area contributed by atoms with Crippen LogP contribution in [-0.4, -0.2) is 41.8 Å². The van der Waals surface area contributed by atoms with Gasteiger partial charge in [0.15, 0.2) is 0 Å². The Bertz CT molecular complexity index is 1300. The van der Waals surface area contributed by atoms with Gasteiger partial charge in [-0.3, -0.25) is 24.1 Å². The number of nitrogens with one attached hydrogen (secondary N) is 1. The highest BCUT2D eigenvalue weighted by molar-refractivity contribution is 6.04. The van der Waals surface area contributed by atoms with Gasteiger partial charge in [0.05, 0.1) is 24.4 Å². The van der Waals surface area contributed by atoms with Crippen molar-refractivity contribution in [2.24, 2.45) is 11.5 Å². The highest BCUT2D eigenvalue weighted by Gasteiger charge is 2.41. The van der Waals surface area contributed by atoms with Gasteiger partial charge in [-0.1, -0.05) is 30.3 Å². The Kier molecular flexibility index (Phi) is 10.1. The summed E-state index contributed by atoms with van der Waals surface area (Å²) >= 11 is 0. The van der Waals surface area contributed by atoms with Gasteiger partial charge in [0.1, 0.15) is 11.9 Å². The standard InChI is InChI=1S/C31H39FN4O5/c1-19(41-18-20-12-13-21(24(32)16-20)6-2-3-10-27(33)37)25(14-15-28(34)38)35-31(40)26-17-23-9-4-7-22-8-5-11-29(39)36(26)30(22)23/h4,7,9,12-13,16,19,25-26H,2-3,5-6,8,10-11,14-15,17-18H2,1H3,(H2,33,37)(H2,34,38)(H,35,40)/t19-,25+,26+/m1/s1. The number of ether oxygens (including phenoxy) is 1. The number of carbonyl (C=O) groups excluding carboxylic acids is 4. The molecule has 2 aliphatic rings. The second-order valence-corrected chi connectivity index (χ2v) is 11.0. The summed E-state index contributed by atoms with van der Waals surface area (Å²) in [6, 6.07) is 9.63. The first kappa shape index (κ1) is 30.2. The van der Waals surface area contributed by atoms with E-state index in [4.69, 9.17) is 16.2 Å². The van der Waals surface area contributed by atoms with Crippen molar-refractivity contribution >= 4 is 29.3 Å². The van der Waals surface area contributed by atoms with Crippen LogP contribution in [0.5, 0.6) is 0 Å². The van der Waals surface area contributed by atoms with Crippen LogP contribution in [0.4, 0.5) is 10.1 Å². The van der Waals surface area contributed by atoms with E-state index in [2.05, 4.69) is 5.32 Å². The van der Waals surface area contributed by atoms with E-state index in [-0.39, 0.29) is 49.4 Å². The van der Waals surface area contributed by atoms with Gasteiger partial charge in [0.2, 0.25) is 23.6 Å². The van der Waals surface area contributed by atoms with Crippen LogP contribution >= 0.6 is 0 Å². The third-order valence-electron chi connectivity index (χ3n) is 7.92. The molecule has 2 aromatic carbocycles. The molecule has 0 fully saturated rings.